The zero-order chi connectivity index (χ0) is 19.3. The van der Waals surface area contributed by atoms with Gasteiger partial charge in [-0.05, 0) is 17.7 Å². The maximum atomic E-state index is 12.8. The number of amides is 1. The zero-order valence-corrected chi connectivity index (χ0v) is 17.2. The summed E-state index contributed by atoms with van der Waals surface area (Å²) in [6, 6.07) is 17.7. The third kappa shape index (κ3) is 4.81. The van der Waals surface area contributed by atoms with Gasteiger partial charge in [0.05, 0.1) is 7.11 Å². The van der Waals surface area contributed by atoms with Crippen LogP contribution in [0.3, 0.4) is 0 Å². The van der Waals surface area contributed by atoms with E-state index in [1.54, 1.807) is 13.2 Å². The van der Waals surface area contributed by atoms with Crippen molar-refractivity contribution in [1.29, 1.82) is 0 Å². The van der Waals surface area contributed by atoms with Crippen LogP contribution in [0.2, 0.25) is 0 Å². The fourth-order valence-corrected chi connectivity index (χ4v) is 3.49. The number of para-hydroxylation sites is 1. The van der Waals surface area contributed by atoms with Gasteiger partial charge < -0.3 is 14.1 Å². The van der Waals surface area contributed by atoms with E-state index in [9.17, 15) is 4.79 Å². The highest BCUT2D eigenvalue weighted by atomic mass is 35.5. The highest BCUT2D eigenvalue weighted by Crippen LogP contribution is 2.29. The molecular formula is C23H25ClN2O3. The van der Waals surface area contributed by atoms with Crippen LogP contribution in [0.4, 0.5) is 0 Å². The van der Waals surface area contributed by atoms with Crippen molar-refractivity contribution in [2.45, 2.75) is 0 Å². The summed E-state index contributed by atoms with van der Waals surface area (Å²) in [5.41, 5.74) is 1.83. The largest absolute Gasteiger partial charge is 0.493 e. The van der Waals surface area contributed by atoms with E-state index in [1.807, 2.05) is 41.3 Å². The Morgan fingerprint density at radius 2 is 1.83 bits per heavy atom. The second kappa shape index (κ2) is 9.63. The SMILES string of the molecule is COc1cccc2cc(C(=O)N3CCN(CC=Cc4ccccc4)CC3)oc12.Cl. The molecule has 2 heterocycles. The molecule has 1 aromatic heterocycles. The highest BCUT2D eigenvalue weighted by Gasteiger charge is 2.24. The van der Waals surface area contributed by atoms with E-state index in [0.717, 1.165) is 25.0 Å². The van der Waals surface area contributed by atoms with E-state index in [0.29, 0.717) is 30.2 Å². The molecule has 0 unspecified atom stereocenters. The van der Waals surface area contributed by atoms with Crippen LogP contribution in [0.25, 0.3) is 17.0 Å². The molecule has 0 atom stereocenters. The van der Waals surface area contributed by atoms with E-state index < -0.39 is 0 Å². The summed E-state index contributed by atoms with van der Waals surface area (Å²) < 4.78 is 11.1. The van der Waals surface area contributed by atoms with Gasteiger partial charge in [0.15, 0.2) is 17.1 Å². The van der Waals surface area contributed by atoms with Gasteiger partial charge in [0, 0.05) is 38.1 Å². The lowest BCUT2D eigenvalue weighted by Crippen LogP contribution is -2.48. The molecule has 1 fully saturated rings. The number of halogens is 1. The van der Waals surface area contributed by atoms with Gasteiger partial charge in [-0.15, -0.1) is 12.4 Å². The van der Waals surface area contributed by atoms with Gasteiger partial charge >= 0.3 is 0 Å². The Morgan fingerprint density at radius 3 is 2.55 bits per heavy atom. The summed E-state index contributed by atoms with van der Waals surface area (Å²) in [6.45, 7) is 4.00. The smallest absolute Gasteiger partial charge is 0.289 e. The van der Waals surface area contributed by atoms with Crippen LogP contribution < -0.4 is 4.74 Å². The molecule has 29 heavy (non-hydrogen) atoms. The maximum absolute atomic E-state index is 12.8. The molecule has 2 aromatic carbocycles. The molecule has 0 bridgehead atoms. The fraction of sp³-hybridized carbons (Fsp3) is 0.261. The monoisotopic (exact) mass is 412 g/mol. The minimum atomic E-state index is -0.0577. The normalized spacial score (nSPS) is 14.9. The average molecular weight is 413 g/mol. The minimum Gasteiger partial charge on any atom is -0.493 e. The van der Waals surface area contributed by atoms with Crippen molar-refractivity contribution in [2.24, 2.45) is 0 Å². The number of benzene rings is 2. The average Bonchev–Trinajstić information content (AvgIpc) is 3.19. The molecule has 0 saturated carbocycles. The molecule has 0 N–H and O–H groups in total. The summed E-state index contributed by atoms with van der Waals surface area (Å²) in [5, 5.41) is 0.882. The molecule has 1 amide bonds. The van der Waals surface area contributed by atoms with Crippen molar-refractivity contribution in [1.82, 2.24) is 9.80 Å². The van der Waals surface area contributed by atoms with Crippen molar-refractivity contribution >= 4 is 35.4 Å². The first-order chi connectivity index (χ1) is 13.7. The molecule has 1 saturated heterocycles. The topological polar surface area (TPSA) is 45.9 Å². The van der Waals surface area contributed by atoms with Gasteiger partial charge in [-0.25, -0.2) is 0 Å². The van der Waals surface area contributed by atoms with E-state index in [1.165, 1.54) is 5.56 Å². The Bertz CT molecular complexity index is 976. The van der Waals surface area contributed by atoms with Gasteiger partial charge in [0.1, 0.15) is 0 Å². The third-order valence-corrected chi connectivity index (χ3v) is 5.07. The second-order valence-electron chi connectivity index (χ2n) is 6.90. The molecule has 0 aliphatic carbocycles. The van der Waals surface area contributed by atoms with Crippen molar-refractivity contribution in [3.05, 3.63) is 72.0 Å². The first-order valence-corrected chi connectivity index (χ1v) is 9.54. The summed E-state index contributed by atoms with van der Waals surface area (Å²) in [4.78, 5) is 17.0. The lowest BCUT2D eigenvalue weighted by Gasteiger charge is -2.33. The van der Waals surface area contributed by atoms with Crippen LogP contribution in [0.5, 0.6) is 5.75 Å². The van der Waals surface area contributed by atoms with Gasteiger partial charge in [-0.1, -0.05) is 54.6 Å². The lowest BCUT2D eigenvalue weighted by molar-refractivity contribution is 0.0621. The summed E-state index contributed by atoms with van der Waals surface area (Å²) >= 11 is 0. The number of carbonyl (C=O) groups is 1. The number of piperazine rings is 1. The number of methoxy groups -OCH3 is 1. The zero-order valence-electron chi connectivity index (χ0n) is 16.4. The Hall–Kier alpha value is -2.76. The van der Waals surface area contributed by atoms with Crippen LogP contribution in [-0.2, 0) is 0 Å². The predicted molar refractivity (Wildman–Crippen MR) is 118 cm³/mol. The summed E-state index contributed by atoms with van der Waals surface area (Å²) in [7, 11) is 1.60. The number of carbonyl (C=O) groups excluding carboxylic acids is 1. The molecule has 4 rings (SSSR count). The van der Waals surface area contributed by atoms with E-state index in [2.05, 4.69) is 29.2 Å². The summed E-state index contributed by atoms with van der Waals surface area (Å²) in [6.07, 6.45) is 4.32. The molecule has 5 nitrogen and oxygen atoms in total. The van der Waals surface area contributed by atoms with Gasteiger partial charge in [0.2, 0.25) is 0 Å². The van der Waals surface area contributed by atoms with Crippen LogP contribution >= 0.6 is 12.4 Å². The van der Waals surface area contributed by atoms with Crippen molar-refractivity contribution in [3.63, 3.8) is 0 Å². The molecule has 6 heteroatoms. The van der Waals surface area contributed by atoms with E-state index >= 15 is 0 Å². The Kier molecular flexibility index (Phi) is 6.96. The van der Waals surface area contributed by atoms with E-state index in [4.69, 9.17) is 9.15 Å². The molecule has 152 valence electrons. The molecule has 0 radical (unpaired) electrons. The number of hydrogen-bond acceptors (Lipinski definition) is 4. The fourth-order valence-electron chi connectivity index (χ4n) is 3.49. The number of fused-ring (bicyclic) bond motifs is 1. The van der Waals surface area contributed by atoms with Gasteiger partial charge in [-0.2, -0.15) is 0 Å². The van der Waals surface area contributed by atoms with Crippen LogP contribution in [-0.4, -0.2) is 55.5 Å². The van der Waals surface area contributed by atoms with Crippen molar-refractivity contribution in [2.75, 3.05) is 39.8 Å². The van der Waals surface area contributed by atoms with Crippen molar-refractivity contribution in [3.8, 4) is 5.75 Å². The Morgan fingerprint density at radius 1 is 1.07 bits per heavy atom. The van der Waals surface area contributed by atoms with Crippen molar-refractivity contribution < 1.29 is 13.9 Å². The molecule has 1 aliphatic rings. The first-order valence-electron chi connectivity index (χ1n) is 9.54. The van der Waals surface area contributed by atoms with Crippen LogP contribution in [0, 0.1) is 0 Å². The number of hydrogen-bond donors (Lipinski definition) is 0. The standard InChI is InChI=1S/C23H24N2O3.ClH/c1-27-20-11-5-10-19-17-21(28-22(19)20)23(26)25-15-13-24(14-16-25)12-6-9-18-7-3-2-4-8-18;/h2-11,17H,12-16H2,1H3;1H. The maximum Gasteiger partial charge on any atom is 0.289 e. The third-order valence-electron chi connectivity index (χ3n) is 5.07. The molecule has 3 aromatic rings. The molecular weight excluding hydrogens is 388 g/mol. The Labute approximate surface area is 177 Å². The number of furan rings is 1. The van der Waals surface area contributed by atoms with Crippen LogP contribution in [0.15, 0.2) is 65.1 Å². The number of nitrogens with zero attached hydrogens (tertiary/aromatic N) is 2. The van der Waals surface area contributed by atoms with Gasteiger partial charge in [0.25, 0.3) is 5.91 Å². The minimum absolute atomic E-state index is 0. The number of rotatable bonds is 5. The van der Waals surface area contributed by atoms with E-state index in [-0.39, 0.29) is 18.3 Å². The van der Waals surface area contributed by atoms with Gasteiger partial charge in [-0.3, -0.25) is 9.69 Å². The number of ether oxygens (including phenoxy) is 1. The summed E-state index contributed by atoms with van der Waals surface area (Å²) in [5.74, 6) is 0.959. The first kappa shape index (κ1) is 21.0. The molecule has 1 aliphatic heterocycles. The highest BCUT2D eigenvalue weighted by molar-refractivity contribution is 5.97. The molecule has 0 spiro atoms. The lowest BCUT2D eigenvalue weighted by atomic mass is 10.2. The predicted octanol–water partition coefficient (Wildman–Crippen LogP) is 4.33. The second-order valence-corrected chi connectivity index (χ2v) is 6.90. The quantitative estimate of drug-likeness (QED) is 0.625. The van der Waals surface area contributed by atoms with Crippen LogP contribution in [0.1, 0.15) is 16.1 Å². The Balaban J connectivity index is 0.00000240.